The van der Waals surface area contributed by atoms with E-state index < -0.39 is 35.1 Å². The Labute approximate surface area is 159 Å². The Bertz CT molecular complexity index is 846. The van der Waals surface area contributed by atoms with Gasteiger partial charge in [-0.25, -0.2) is 14.2 Å². The van der Waals surface area contributed by atoms with E-state index in [2.05, 4.69) is 25.7 Å². The van der Waals surface area contributed by atoms with Crippen molar-refractivity contribution in [2.45, 2.75) is 11.8 Å². The van der Waals surface area contributed by atoms with Crippen LogP contribution in [-0.2, 0) is 9.53 Å². The second-order valence-corrected chi connectivity index (χ2v) is 6.11. The van der Waals surface area contributed by atoms with Gasteiger partial charge in [-0.3, -0.25) is 4.79 Å². The topological polar surface area (TPSA) is 80.3 Å². The smallest absolute Gasteiger partial charge is 0.441 e. The largest absolute Gasteiger partial charge is 0.466 e. The molecule has 11 heteroatoms. The third-order valence-corrected chi connectivity index (χ3v) is 3.82. The molecular formula is C16H12BrF4N3O3. The molecule has 0 bridgehead atoms. The number of aromatic nitrogens is 1. The molecule has 0 aliphatic heterocycles. The molecule has 0 radical (unpaired) electrons. The Morgan fingerprint density at radius 3 is 2.41 bits per heavy atom. The van der Waals surface area contributed by atoms with Gasteiger partial charge < -0.3 is 15.4 Å². The fourth-order valence-electron chi connectivity index (χ4n) is 2.06. The molecule has 0 saturated carbocycles. The van der Waals surface area contributed by atoms with Gasteiger partial charge in [0.2, 0.25) is 0 Å². The molecule has 0 saturated heterocycles. The molecule has 2 aromatic rings. The number of nitrogens with zero attached hydrogens (tertiary/aromatic N) is 1. The number of rotatable bonds is 5. The van der Waals surface area contributed by atoms with E-state index in [4.69, 9.17) is 0 Å². The maximum atomic E-state index is 13.8. The van der Waals surface area contributed by atoms with Crippen molar-refractivity contribution >= 4 is 33.6 Å². The summed E-state index contributed by atoms with van der Waals surface area (Å²) in [6, 6.07) is 6.50. The average molecular weight is 450 g/mol. The van der Waals surface area contributed by atoms with Crippen LogP contribution in [0.25, 0.3) is 0 Å². The van der Waals surface area contributed by atoms with E-state index in [9.17, 15) is 27.2 Å². The van der Waals surface area contributed by atoms with Crippen molar-refractivity contribution in [3.8, 4) is 0 Å². The highest BCUT2D eigenvalue weighted by Crippen LogP contribution is 2.33. The Hall–Kier alpha value is -2.69. The molecule has 2 N–H and O–H groups in total. The summed E-state index contributed by atoms with van der Waals surface area (Å²) in [5.74, 6) is -4.37. The highest BCUT2D eigenvalue weighted by Gasteiger charge is 2.63. The number of carbonyl (C=O) groups excluding carboxylic acids is 2. The van der Waals surface area contributed by atoms with E-state index in [1.54, 1.807) is 5.32 Å². The van der Waals surface area contributed by atoms with Crippen molar-refractivity contribution in [3.63, 3.8) is 0 Å². The van der Waals surface area contributed by atoms with Crippen molar-refractivity contribution in [3.05, 3.63) is 58.4 Å². The van der Waals surface area contributed by atoms with Gasteiger partial charge in [0, 0.05) is 16.2 Å². The zero-order valence-electron chi connectivity index (χ0n) is 13.6. The molecule has 0 unspecified atom stereocenters. The first kappa shape index (κ1) is 20.6. The van der Waals surface area contributed by atoms with Gasteiger partial charge in [0.25, 0.3) is 5.91 Å². The maximum absolute atomic E-state index is 13.8. The van der Waals surface area contributed by atoms with Crippen LogP contribution < -0.4 is 10.6 Å². The third kappa shape index (κ3) is 4.54. The van der Waals surface area contributed by atoms with Gasteiger partial charge in [0.05, 0.1) is 7.11 Å². The lowest BCUT2D eigenvalue weighted by molar-refractivity contribution is -0.203. The Balaban J connectivity index is 2.48. The van der Waals surface area contributed by atoms with E-state index in [0.29, 0.717) is 4.47 Å². The van der Waals surface area contributed by atoms with Crippen LogP contribution in [0.4, 0.5) is 23.4 Å². The van der Waals surface area contributed by atoms with Gasteiger partial charge >= 0.3 is 17.8 Å². The normalized spacial score (nSPS) is 13.4. The first-order valence-corrected chi connectivity index (χ1v) is 8.01. The standard InChI is InChI=1S/C16H12BrF4N3O3/c1-27-14(26)15(16(19,20)21,23-12-6-5-10(17)8-22-12)24-13(25)9-3-2-4-11(18)7-9/h2-8H,1H3,(H,22,23)(H,24,25)/t15-/m0/s1. The van der Waals surface area contributed by atoms with Gasteiger partial charge in [-0.2, -0.15) is 13.2 Å². The summed E-state index contributed by atoms with van der Waals surface area (Å²) in [6.45, 7) is 0. The quantitative estimate of drug-likeness (QED) is 0.416. The number of methoxy groups -OCH3 is 1. The molecule has 0 aliphatic carbocycles. The second-order valence-electron chi connectivity index (χ2n) is 5.19. The molecule has 1 amide bonds. The van der Waals surface area contributed by atoms with Gasteiger partial charge in [-0.05, 0) is 46.3 Å². The number of esters is 1. The SMILES string of the molecule is COC(=O)[C@@](NC(=O)c1cccc(F)c1)(Nc1ccc(Br)cn1)C(F)(F)F. The lowest BCUT2D eigenvalue weighted by Crippen LogP contribution is -2.69. The van der Waals surface area contributed by atoms with Gasteiger partial charge in [-0.1, -0.05) is 6.07 Å². The zero-order valence-corrected chi connectivity index (χ0v) is 15.2. The number of hydrogen-bond acceptors (Lipinski definition) is 5. The van der Waals surface area contributed by atoms with Crippen LogP contribution in [0.3, 0.4) is 0 Å². The minimum Gasteiger partial charge on any atom is -0.466 e. The van der Waals surface area contributed by atoms with Crippen LogP contribution in [0.5, 0.6) is 0 Å². The van der Waals surface area contributed by atoms with Crippen molar-refractivity contribution in [2.24, 2.45) is 0 Å². The van der Waals surface area contributed by atoms with E-state index >= 15 is 0 Å². The predicted molar refractivity (Wildman–Crippen MR) is 90.2 cm³/mol. The van der Waals surface area contributed by atoms with Crippen molar-refractivity contribution < 1.29 is 31.9 Å². The Morgan fingerprint density at radius 1 is 1.19 bits per heavy atom. The minimum atomic E-state index is -5.32. The number of pyridine rings is 1. The number of benzene rings is 1. The number of carbonyl (C=O) groups is 2. The molecule has 0 fully saturated rings. The number of amides is 1. The number of hydrogen-bond donors (Lipinski definition) is 2. The molecule has 1 aromatic carbocycles. The van der Waals surface area contributed by atoms with E-state index in [-0.39, 0.29) is 5.82 Å². The highest BCUT2D eigenvalue weighted by molar-refractivity contribution is 9.10. The summed E-state index contributed by atoms with van der Waals surface area (Å²) in [6.07, 6.45) is -4.13. The van der Waals surface area contributed by atoms with Crippen molar-refractivity contribution in [1.82, 2.24) is 10.3 Å². The van der Waals surface area contributed by atoms with Crippen LogP contribution in [0.1, 0.15) is 10.4 Å². The molecule has 1 heterocycles. The summed E-state index contributed by atoms with van der Waals surface area (Å²) in [5.41, 5.74) is -4.07. The van der Waals surface area contributed by atoms with E-state index in [1.165, 1.54) is 12.3 Å². The third-order valence-electron chi connectivity index (χ3n) is 3.35. The second kappa shape index (κ2) is 7.91. The molecule has 6 nitrogen and oxygen atoms in total. The molecule has 2 rings (SSSR count). The minimum absolute atomic E-state index is 0.361. The van der Waals surface area contributed by atoms with Crippen LogP contribution in [0.15, 0.2) is 47.1 Å². The van der Waals surface area contributed by atoms with Crippen LogP contribution >= 0.6 is 15.9 Å². The number of anilines is 1. The first-order chi connectivity index (χ1) is 12.6. The molecule has 27 heavy (non-hydrogen) atoms. The maximum Gasteiger partial charge on any atom is 0.441 e. The van der Waals surface area contributed by atoms with E-state index in [1.807, 2.05) is 5.32 Å². The molecule has 1 atom stereocenters. The lowest BCUT2D eigenvalue weighted by atomic mass is 10.1. The Kier molecular flexibility index (Phi) is 6.04. The summed E-state index contributed by atoms with van der Waals surface area (Å²) in [7, 11) is 0.730. The molecule has 1 aromatic heterocycles. The predicted octanol–water partition coefficient (Wildman–Crippen LogP) is 3.26. The van der Waals surface area contributed by atoms with Crippen molar-refractivity contribution in [1.29, 1.82) is 0 Å². The summed E-state index contributed by atoms with van der Waals surface area (Å²) < 4.78 is 59.5. The van der Waals surface area contributed by atoms with Gasteiger partial charge in [-0.15, -0.1) is 0 Å². The summed E-state index contributed by atoms with van der Waals surface area (Å²) in [4.78, 5) is 28.0. The first-order valence-electron chi connectivity index (χ1n) is 7.22. The van der Waals surface area contributed by atoms with Gasteiger partial charge in [0.15, 0.2) is 0 Å². The molecule has 144 valence electrons. The fraction of sp³-hybridized carbons (Fsp3) is 0.188. The lowest BCUT2D eigenvalue weighted by Gasteiger charge is -2.34. The zero-order chi connectivity index (χ0) is 20.2. The monoisotopic (exact) mass is 449 g/mol. The van der Waals surface area contributed by atoms with Crippen molar-refractivity contribution in [2.75, 3.05) is 12.4 Å². The van der Waals surface area contributed by atoms with Gasteiger partial charge in [0.1, 0.15) is 11.6 Å². The van der Waals surface area contributed by atoms with E-state index in [0.717, 1.165) is 37.4 Å². The van der Waals surface area contributed by atoms with Crippen LogP contribution in [0.2, 0.25) is 0 Å². The fourth-order valence-corrected chi connectivity index (χ4v) is 2.29. The number of halogens is 5. The van der Waals surface area contributed by atoms with Crippen LogP contribution in [0, 0.1) is 5.82 Å². The highest BCUT2D eigenvalue weighted by atomic mass is 79.9. The molecule has 0 spiro atoms. The number of nitrogens with one attached hydrogen (secondary N) is 2. The summed E-state index contributed by atoms with van der Waals surface area (Å²) >= 11 is 3.08. The Morgan fingerprint density at radius 2 is 1.89 bits per heavy atom. The molecule has 0 aliphatic rings. The molecular weight excluding hydrogens is 438 g/mol. The average Bonchev–Trinajstić information content (AvgIpc) is 2.61. The summed E-state index contributed by atoms with van der Waals surface area (Å²) in [5, 5.41) is 3.43. The number of alkyl halides is 3. The van der Waals surface area contributed by atoms with Crippen LogP contribution in [-0.4, -0.2) is 35.8 Å². The number of ether oxygens (including phenoxy) is 1.